The Kier molecular flexibility index (Phi) is 7.15. The van der Waals surface area contributed by atoms with Crippen LogP contribution in [0.15, 0.2) is 101 Å². The minimum absolute atomic E-state index is 0.220. The Balaban J connectivity index is 1.35. The number of benzene rings is 3. The Morgan fingerprint density at radius 1 is 0.882 bits per heavy atom. The molecule has 0 aliphatic rings. The lowest BCUT2D eigenvalue weighted by Crippen LogP contribution is -2.25. The number of sulfonamides is 1. The van der Waals surface area contributed by atoms with Crippen LogP contribution in [-0.2, 0) is 14.8 Å². The standard InChI is InChI=1S/C25H22N2O5S2/c1-27(34(29,30)25-12-7-17-33-25)19-13-15-20(16-14-19)31-18-24(28)26-22-10-5-6-11-23(22)32-21-8-3-2-4-9-21/h2-17H,18H2,1H3,(H,26,28). The summed E-state index contributed by atoms with van der Waals surface area (Å²) in [5, 5.41) is 4.51. The van der Waals surface area contributed by atoms with Gasteiger partial charge in [0.05, 0.1) is 11.4 Å². The molecule has 0 radical (unpaired) electrons. The predicted molar refractivity (Wildman–Crippen MR) is 133 cm³/mol. The Hall–Kier alpha value is -3.82. The van der Waals surface area contributed by atoms with E-state index >= 15 is 0 Å². The molecule has 4 rings (SSSR count). The molecule has 0 saturated heterocycles. The summed E-state index contributed by atoms with van der Waals surface area (Å²) in [7, 11) is -2.12. The second kappa shape index (κ2) is 10.4. The molecule has 34 heavy (non-hydrogen) atoms. The van der Waals surface area contributed by atoms with Crippen molar-refractivity contribution in [3.05, 3.63) is 96.4 Å². The van der Waals surface area contributed by atoms with Crippen LogP contribution < -0.4 is 19.1 Å². The van der Waals surface area contributed by atoms with Gasteiger partial charge in [0.25, 0.3) is 15.9 Å². The molecule has 9 heteroatoms. The molecular formula is C25H22N2O5S2. The second-order valence-corrected chi connectivity index (χ2v) is 10.3. The summed E-state index contributed by atoms with van der Waals surface area (Å²) in [4.78, 5) is 12.5. The van der Waals surface area contributed by atoms with Crippen molar-refractivity contribution in [3.8, 4) is 17.2 Å². The van der Waals surface area contributed by atoms with Gasteiger partial charge in [0.2, 0.25) is 0 Å². The highest BCUT2D eigenvalue weighted by molar-refractivity contribution is 7.94. The van der Waals surface area contributed by atoms with Crippen molar-refractivity contribution in [2.75, 3.05) is 23.3 Å². The number of ether oxygens (including phenoxy) is 2. The molecule has 0 saturated carbocycles. The number of para-hydroxylation sites is 3. The van der Waals surface area contributed by atoms with Crippen molar-refractivity contribution in [3.63, 3.8) is 0 Å². The lowest BCUT2D eigenvalue weighted by molar-refractivity contribution is -0.118. The molecule has 0 bridgehead atoms. The SMILES string of the molecule is CN(c1ccc(OCC(=O)Nc2ccccc2Oc2ccccc2)cc1)S(=O)(=O)c1cccs1. The Labute approximate surface area is 202 Å². The lowest BCUT2D eigenvalue weighted by atomic mass is 10.3. The minimum Gasteiger partial charge on any atom is -0.484 e. The maximum Gasteiger partial charge on any atom is 0.273 e. The molecule has 174 valence electrons. The molecule has 1 N–H and O–H groups in total. The summed E-state index contributed by atoms with van der Waals surface area (Å²) in [5.41, 5.74) is 1.01. The van der Waals surface area contributed by atoms with Crippen molar-refractivity contribution >= 4 is 38.6 Å². The number of amides is 1. The van der Waals surface area contributed by atoms with Crippen molar-refractivity contribution < 1.29 is 22.7 Å². The fraction of sp³-hybridized carbons (Fsp3) is 0.0800. The van der Waals surface area contributed by atoms with Crippen molar-refractivity contribution in [1.29, 1.82) is 0 Å². The first-order valence-electron chi connectivity index (χ1n) is 10.3. The molecule has 0 atom stereocenters. The molecule has 4 aromatic rings. The summed E-state index contributed by atoms with van der Waals surface area (Å²) in [6.07, 6.45) is 0. The van der Waals surface area contributed by atoms with Gasteiger partial charge in [0, 0.05) is 7.05 Å². The van der Waals surface area contributed by atoms with Crippen LogP contribution in [0.25, 0.3) is 0 Å². The van der Waals surface area contributed by atoms with Gasteiger partial charge >= 0.3 is 0 Å². The first-order chi connectivity index (χ1) is 16.4. The molecule has 1 aromatic heterocycles. The van der Waals surface area contributed by atoms with Crippen LogP contribution in [-0.4, -0.2) is 28.0 Å². The Bertz CT molecular complexity index is 1340. The zero-order chi connectivity index (χ0) is 24.0. The number of nitrogens with zero attached hydrogens (tertiary/aromatic N) is 1. The third-order valence-corrected chi connectivity index (χ3v) is 7.97. The molecule has 0 aliphatic carbocycles. The van der Waals surface area contributed by atoms with E-state index in [1.54, 1.807) is 60.0 Å². The smallest absolute Gasteiger partial charge is 0.273 e. The van der Waals surface area contributed by atoms with Gasteiger partial charge in [-0.05, 0) is 60.0 Å². The summed E-state index contributed by atoms with van der Waals surface area (Å²) in [5.74, 6) is 1.26. The number of hydrogen-bond donors (Lipinski definition) is 1. The summed E-state index contributed by atoms with van der Waals surface area (Å²) in [6, 6.07) is 26.2. The van der Waals surface area contributed by atoms with E-state index in [9.17, 15) is 13.2 Å². The molecule has 1 amide bonds. The van der Waals surface area contributed by atoms with Gasteiger partial charge in [-0.1, -0.05) is 36.4 Å². The number of rotatable bonds is 9. The largest absolute Gasteiger partial charge is 0.484 e. The quantitative estimate of drug-likeness (QED) is 0.338. The molecule has 1 heterocycles. The van der Waals surface area contributed by atoms with Crippen LogP contribution in [0.1, 0.15) is 0 Å². The fourth-order valence-electron chi connectivity index (χ4n) is 3.05. The maximum absolute atomic E-state index is 12.7. The van der Waals surface area contributed by atoms with Gasteiger partial charge in [-0.2, -0.15) is 0 Å². The molecule has 7 nitrogen and oxygen atoms in total. The number of nitrogens with one attached hydrogen (secondary N) is 1. The normalized spacial score (nSPS) is 11.0. The topological polar surface area (TPSA) is 84.9 Å². The van der Waals surface area contributed by atoms with Crippen molar-refractivity contribution in [2.45, 2.75) is 4.21 Å². The summed E-state index contributed by atoms with van der Waals surface area (Å²) >= 11 is 1.16. The van der Waals surface area contributed by atoms with E-state index in [2.05, 4.69) is 5.32 Å². The molecule has 0 fully saturated rings. The van der Waals surface area contributed by atoms with Gasteiger partial charge in [-0.3, -0.25) is 9.10 Å². The number of thiophene rings is 1. The van der Waals surface area contributed by atoms with Gasteiger partial charge in [-0.25, -0.2) is 8.42 Å². The van der Waals surface area contributed by atoms with Crippen molar-refractivity contribution in [2.24, 2.45) is 0 Å². The van der Waals surface area contributed by atoms with E-state index in [0.29, 0.717) is 28.6 Å². The lowest BCUT2D eigenvalue weighted by Gasteiger charge is -2.18. The molecule has 0 spiro atoms. The zero-order valence-electron chi connectivity index (χ0n) is 18.2. The van der Waals surface area contributed by atoms with Gasteiger partial charge in [0.1, 0.15) is 15.7 Å². The van der Waals surface area contributed by atoms with Crippen molar-refractivity contribution in [1.82, 2.24) is 0 Å². The Morgan fingerprint density at radius 3 is 2.29 bits per heavy atom. The zero-order valence-corrected chi connectivity index (χ0v) is 19.9. The first-order valence-corrected chi connectivity index (χ1v) is 12.6. The molecule has 0 aliphatic heterocycles. The highest BCUT2D eigenvalue weighted by Gasteiger charge is 2.22. The monoisotopic (exact) mass is 494 g/mol. The van der Waals surface area contributed by atoms with Gasteiger partial charge in [-0.15, -0.1) is 11.3 Å². The summed E-state index contributed by atoms with van der Waals surface area (Å²) < 4.78 is 38.2. The van der Waals surface area contributed by atoms with E-state index in [-0.39, 0.29) is 16.7 Å². The third kappa shape index (κ3) is 5.56. The first kappa shape index (κ1) is 23.3. The maximum atomic E-state index is 12.7. The van der Waals surface area contributed by atoms with Crippen LogP contribution in [0, 0.1) is 0 Å². The van der Waals surface area contributed by atoms with Gasteiger partial charge in [0.15, 0.2) is 12.4 Å². The number of carbonyl (C=O) groups is 1. The van der Waals surface area contributed by atoms with E-state index in [1.165, 1.54) is 11.4 Å². The van der Waals surface area contributed by atoms with Crippen LogP contribution in [0.2, 0.25) is 0 Å². The van der Waals surface area contributed by atoms with Crippen LogP contribution in [0.4, 0.5) is 11.4 Å². The van der Waals surface area contributed by atoms with Crippen LogP contribution >= 0.6 is 11.3 Å². The molecule has 3 aromatic carbocycles. The fourth-order valence-corrected chi connectivity index (χ4v) is 5.40. The second-order valence-electron chi connectivity index (χ2n) is 7.15. The van der Waals surface area contributed by atoms with E-state index in [1.807, 2.05) is 36.4 Å². The van der Waals surface area contributed by atoms with E-state index < -0.39 is 10.0 Å². The minimum atomic E-state index is -3.61. The third-order valence-electron chi connectivity index (χ3n) is 4.81. The van der Waals surface area contributed by atoms with Crippen LogP contribution in [0.5, 0.6) is 17.2 Å². The average Bonchev–Trinajstić information content (AvgIpc) is 3.41. The summed E-state index contributed by atoms with van der Waals surface area (Å²) in [6.45, 7) is -0.220. The Morgan fingerprint density at radius 2 is 1.59 bits per heavy atom. The predicted octanol–water partition coefficient (Wildman–Crippen LogP) is 5.38. The highest BCUT2D eigenvalue weighted by atomic mass is 32.2. The van der Waals surface area contributed by atoms with Crippen LogP contribution in [0.3, 0.4) is 0 Å². The number of hydrogen-bond acceptors (Lipinski definition) is 6. The van der Waals surface area contributed by atoms with Gasteiger partial charge < -0.3 is 14.8 Å². The van der Waals surface area contributed by atoms with E-state index in [4.69, 9.17) is 9.47 Å². The van der Waals surface area contributed by atoms with E-state index in [0.717, 1.165) is 11.3 Å². The number of anilines is 2. The molecule has 0 unspecified atom stereocenters. The average molecular weight is 495 g/mol. The highest BCUT2D eigenvalue weighted by Crippen LogP contribution is 2.29. The molecular weight excluding hydrogens is 472 g/mol. The number of carbonyl (C=O) groups excluding carboxylic acids is 1.